The van der Waals surface area contributed by atoms with Crippen LogP contribution in [0.25, 0.3) is 6.08 Å². The predicted octanol–water partition coefficient (Wildman–Crippen LogP) is 3.71. The molecule has 9 heteroatoms. The molecule has 36 heavy (non-hydrogen) atoms. The van der Waals surface area contributed by atoms with Crippen molar-refractivity contribution < 1.29 is 44.2 Å². The quantitative estimate of drug-likeness (QED) is 0.153. The van der Waals surface area contributed by atoms with Crippen molar-refractivity contribution in [3.05, 3.63) is 29.8 Å². The molecule has 0 amide bonds. The lowest BCUT2D eigenvalue weighted by atomic mass is 9.79. The molecule has 0 aromatic heterocycles. The summed E-state index contributed by atoms with van der Waals surface area (Å²) in [4.78, 5) is 25.6. The van der Waals surface area contributed by atoms with Crippen LogP contribution in [-0.2, 0) is 23.8 Å². The molecule has 200 valence electrons. The molecule has 0 bridgehead atoms. The topological polar surface area (TPSA) is 143 Å². The number of aliphatic hydroxyl groups is 2. The SMILES string of the molecule is CCCCCC1(CCCCC)OC(=O)[C@]2(C[C@@H](O)[C@H](O)[C@H](OC(=O)/C=C/c3ccc(O)c(O)c3)C2)O1. The van der Waals surface area contributed by atoms with Gasteiger partial charge >= 0.3 is 11.9 Å². The van der Waals surface area contributed by atoms with Crippen LogP contribution in [-0.4, -0.2) is 62.1 Å². The van der Waals surface area contributed by atoms with E-state index in [-0.39, 0.29) is 24.3 Å². The van der Waals surface area contributed by atoms with Crippen LogP contribution < -0.4 is 0 Å². The van der Waals surface area contributed by atoms with Gasteiger partial charge in [0.05, 0.1) is 6.10 Å². The average Bonchev–Trinajstić information content (AvgIpc) is 3.09. The fourth-order valence-corrected chi connectivity index (χ4v) is 4.89. The largest absolute Gasteiger partial charge is 0.504 e. The van der Waals surface area contributed by atoms with Crippen molar-refractivity contribution in [3.8, 4) is 11.5 Å². The Morgan fingerprint density at radius 2 is 1.72 bits per heavy atom. The summed E-state index contributed by atoms with van der Waals surface area (Å²) in [5, 5.41) is 40.1. The van der Waals surface area contributed by atoms with E-state index in [9.17, 15) is 30.0 Å². The van der Waals surface area contributed by atoms with Gasteiger partial charge in [-0.25, -0.2) is 9.59 Å². The number of carbonyl (C=O) groups is 2. The lowest BCUT2D eigenvalue weighted by molar-refractivity contribution is -0.227. The maximum Gasteiger partial charge on any atom is 0.341 e. The van der Waals surface area contributed by atoms with Gasteiger partial charge in [-0.1, -0.05) is 45.6 Å². The lowest BCUT2D eigenvalue weighted by Crippen LogP contribution is -2.56. The number of aromatic hydroxyl groups is 2. The number of esters is 2. The minimum absolute atomic E-state index is 0.132. The molecule has 2 aliphatic rings. The fourth-order valence-electron chi connectivity index (χ4n) is 4.89. The molecule has 4 N–H and O–H groups in total. The molecular formula is C27H38O9. The maximum atomic E-state index is 13.1. The van der Waals surface area contributed by atoms with Gasteiger partial charge in [-0.05, 0) is 36.6 Å². The van der Waals surface area contributed by atoms with E-state index in [0.29, 0.717) is 18.4 Å². The van der Waals surface area contributed by atoms with Gasteiger partial charge in [0.25, 0.3) is 0 Å². The number of cyclic esters (lactones) is 1. The van der Waals surface area contributed by atoms with E-state index in [0.717, 1.165) is 44.6 Å². The Labute approximate surface area is 211 Å². The molecule has 1 spiro atoms. The van der Waals surface area contributed by atoms with Gasteiger partial charge in [-0.2, -0.15) is 0 Å². The minimum Gasteiger partial charge on any atom is -0.504 e. The average molecular weight is 507 g/mol. The first-order chi connectivity index (χ1) is 17.1. The predicted molar refractivity (Wildman–Crippen MR) is 131 cm³/mol. The van der Waals surface area contributed by atoms with E-state index in [4.69, 9.17) is 14.2 Å². The van der Waals surface area contributed by atoms with Crippen molar-refractivity contribution in [1.82, 2.24) is 0 Å². The van der Waals surface area contributed by atoms with Crippen LogP contribution in [0.2, 0.25) is 0 Å². The van der Waals surface area contributed by atoms with Crippen molar-refractivity contribution in [1.29, 1.82) is 0 Å². The third-order valence-corrected chi connectivity index (χ3v) is 6.88. The third kappa shape index (κ3) is 6.57. The van der Waals surface area contributed by atoms with E-state index < -0.39 is 41.6 Å². The number of aliphatic hydroxyl groups excluding tert-OH is 2. The molecule has 1 aromatic rings. The molecule has 1 heterocycles. The first-order valence-electron chi connectivity index (χ1n) is 12.8. The monoisotopic (exact) mass is 506 g/mol. The Morgan fingerprint density at radius 1 is 1.06 bits per heavy atom. The van der Waals surface area contributed by atoms with E-state index >= 15 is 0 Å². The molecular weight excluding hydrogens is 468 g/mol. The number of phenols is 2. The molecule has 0 radical (unpaired) electrons. The standard InChI is InChI=1S/C27H38O9/c1-3-5-7-13-27(14-8-6-4-2)35-25(33)26(36-27)16-21(30)24(32)22(17-26)34-23(31)12-10-18-9-11-19(28)20(29)15-18/h9-12,15,21-22,24,28-30,32H,3-8,13-14,16-17H2,1-2H3/b12-10+/t21-,22-,24+,26-/m1/s1. The van der Waals surface area contributed by atoms with Crippen LogP contribution in [0.3, 0.4) is 0 Å². The van der Waals surface area contributed by atoms with Crippen LogP contribution >= 0.6 is 0 Å². The molecule has 4 atom stereocenters. The highest BCUT2D eigenvalue weighted by Gasteiger charge is 2.62. The highest BCUT2D eigenvalue weighted by atomic mass is 16.8. The summed E-state index contributed by atoms with van der Waals surface area (Å²) in [5.74, 6) is -3.12. The van der Waals surface area contributed by atoms with E-state index in [1.54, 1.807) is 0 Å². The summed E-state index contributed by atoms with van der Waals surface area (Å²) >= 11 is 0. The Kier molecular flexibility index (Phi) is 9.38. The number of unbranched alkanes of at least 4 members (excludes halogenated alkanes) is 4. The normalized spacial score (nSPS) is 27.4. The Hall–Kier alpha value is -2.62. The summed E-state index contributed by atoms with van der Waals surface area (Å²) < 4.78 is 17.6. The summed E-state index contributed by atoms with van der Waals surface area (Å²) in [6.45, 7) is 4.17. The van der Waals surface area contributed by atoms with Crippen molar-refractivity contribution >= 4 is 18.0 Å². The highest BCUT2D eigenvalue weighted by Crippen LogP contribution is 2.47. The molecule has 0 unspecified atom stereocenters. The molecule has 1 saturated carbocycles. The van der Waals surface area contributed by atoms with Crippen LogP contribution in [0.4, 0.5) is 0 Å². The Balaban J connectivity index is 1.73. The maximum absolute atomic E-state index is 13.1. The zero-order valence-corrected chi connectivity index (χ0v) is 21.0. The van der Waals surface area contributed by atoms with Crippen molar-refractivity contribution in [2.24, 2.45) is 0 Å². The second-order valence-corrected chi connectivity index (χ2v) is 9.83. The number of hydrogen-bond acceptors (Lipinski definition) is 9. The molecule has 1 aliphatic carbocycles. The minimum atomic E-state index is -1.51. The van der Waals surface area contributed by atoms with Gasteiger partial charge in [0.15, 0.2) is 17.1 Å². The van der Waals surface area contributed by atoms with Crippen LogP contribution in [0.1, 0.15) is 83.6 Å². The van der Waals surface area contributed by atoms with E-state index in [2.05, 4.69) is 13.8 Å². The van der Waals surface area contributed by atoms with Gasteiger partial charge in [-0.15, -0.1) is 0 Å². The zero-order chi connectivity index (χ0) is 26.3. The van der Waals surface area contributed by atoms with Gasteiger partial charge < -0.3 is 34.6 Å². The number of ether oxygens (including phenoxy) is 3. The number of phenolic OH excluding ortho intramolecular Hbond substituents is 2. The summed E-state index contributed by atoms with van der Waals surface area (Å²) in [7, 11) is 0. The number of carbonyl (C=O) groups excluding carboxylic acids is 2. The number of benzene rings is 1. The summed E-state index contributed by atoms with van der Waals surface area (Å²) in [6, 6.07) is 4.04. The molecule has 1 aromatic carbocycles. The fraction of sp³-hybridized carbons (Fsp3) is 0.630. The van der Waals surface area contributed by atoms with Gasteiger partial charge in [0.1, 0.15) is 12.2 Å². The second kappa shape index (κ2) is 12.1. The Bertz CT molecular complexity index is 933. The summed E-state index contributed by atoms with van der Waals surface area (Å²) in [5.41, 5.74) is -1.07. The number of rotatable bonds is 11. The molecule has 3 rings (SSSR count). The van der Waals surface area contributed by atoms with Crippen molar-refractivity contribution in [2.45, 2.75) is 108 Å². The van der Waals surface area contributed by atoms with Crippen LogP contribution in [0.5, 0.6) is 11.5 Å². The van der Waals surface area contributed by atoms with Gasteiger partial charge in [-0.3, -0.25) is 0 Å². The van der Waals surface area contributed by atoms with Gasteiger partial charge in [0, 0.05) is 31.8 Å². The Morgan fingerprint density at radius 3 is 2.33 bits per heavy atom. The molecule has 1 aliphatic heterocycles. The van der Waals surface area contributed by atoms with E-state index in [1.165, 1.54) is 24.3 Å². The van der Waals surface area contributed by atoms with Crippen molar-refractivity contribution in [3.63, 3.8) is 0 Å². The zero-order valence-electron chi connectivity index (χ0n) is 21.0. The first kappa shape index (κ1) is 28.0. The third-order valence-electron chi connectivity index (χ3n) is 6.88. The first-order valence-corrected chi connectivity index (χ1v) is 12.8. The second-order valence-electron chi connectivity index (χ2n) is 9.83. The van der Waals surface area contributed by atoms with Crippen LogP contribution in [0, 0.1) is 0 Å². The van der Waals surface area contributed by atoms with Gasteiger partial charge in [0.2, 0.25) is 5.79 Å². The van der Waals surface area contributed by atoms with Crippen LogP contribution in [0.15, 0.2) is 24.3 Å². The van der Waals surface area contributed by atoms with E-state index in [1.807, 2.05) is 0 Å². The van der Waals surface area contributed by atoms with Crippen molar-refractivity contribution in [2.75, 3.05) is 0 Å². The molecule has 2 fully saturated rings. The summed E-state index contributed by atoms with van der Waals surface area (Å²) in [6.07, 6.45) is 4.96. The molecule has 1 saturated heterocycles. The lowest BCUT2D eigenvalue weighted by Gasteiger charge is -2.40. The smallest absolute Gasteiger partial charge is 0.341 e. The highest BCUT2D eigenvalue weighted by molar-refractivity contribution is 5.87. The molecule has 9 nitrogen and oxygen atoms in total. The number of hydrogen-bond donors (Lipinski definition) is 4.